The second-order valence-electron chi connectivity index (χ2n) is 6.56. The second-order valence-corrected chi connectivity index (χ2v) is 7.82. The van der Waals surface area contributed by atoms with E-state index in [4.69, 9.17) is 4.74 Å². The van der Waals surface area contributed by atoms with E-state index in [0.717, 1.165) is 21.8 Å². The highest BCUT2D eigenvalue weighted by atomic mass is 32.1. The smallest absolute Gasteiger partial charge is 0.324 e. The SMILES string of the molecule is COc1ccc(-c2cc(C(=O)N3CCN4C(=O)NC(=O)C4C3)sc2C)cc1. The highest BCUT2D eigenvalue weighted by Crippen LogP contribution is 2.33. The molecule has 0 radical (unpaired) electrons. The van der Waals surface area contributed by atoms with Gasteiger partial charge in [-0.05, 0) is 36.2 Å². The molecule has 2 saturated heterocycles. The summed E-state index contributed by atoms with van der Waals surface area (Å²) in [6, 6.07) is 8.66. The molecule has 8 heteroatoms. The van der Waals surface area contributed by atoms with E-state index in [1.165, 1.54) is 16.2 Å². The Morgan fingerprint density at radius 3 is 2.67 bits per heavy atom. The van der Waals surface area contributed by atoms with Crippen molar-refractivity contribution in [2.45, 2.75) is 13.0 Å². The van der Waals surface area contributed by atoms with Crippen LogP contribution in [0.3, 0.4) is 0 Å². The first-order valence-corrected chi connectivity index (χ1v) is 9.45. The van der Waals surface area contributed by atoms with Crippen molar-refractivity contribution in [2.24, 2.45) is 0 Å². The fourth-order valence-electron chi connectivity index (χ4n) is 3.50. The quantitative estimate of drug-likeness (QED) is 0.821. The van der Waals surface area contributed by atoms with Gasteiger partial charge >= 0.3 is 6.03 Å². The number of benzene rings is 1. The second kappa shape index (κ2) is 6.70. The zero-order chi connectivity index (χ0) is 19.1. The molecule has 0 aliphatic carbocycles. The molecule has 2 aliphatic heterocycles. The van der Waals surface area contributed by atoms with E-state index in [9.17, 15) is 14.4 Å². The number of thiophene rings is 1. The molecular weight excluding hydrogens is 366 g/mol. The Bertz CT molecular complexity index is 922. The third-order valence-electron chi connectivity index (χ3n) is 4.99. The minimum absolute atomic E-state index is 0.102. The van der Waals surface area contributed by atoms with Crippen molar-refractivity contribution in [3.8, 4) is 16.9 Å². The summed E-state index contributed by atoms with van der Waals surface area (Å²) >= 11 is 1.44. The summed E-state index contributed by atoms with van der Waals surface area (Å²) in [5.41, 5.74) is 2.03. The van der Waals surface area contributed by atoms with Crippen LogP contribution in [0.5, 0.6) is 5.75 Å². The zero-order valence-electron chi connectivity index (χ0n) is 15.0. The highest BCUT2D eigenvalue weighted by Gasteiger charge is 2.43. The first kappa shape index (κ1) is 17.5. The standard InChI is InChI=1S/C19H19N3O4S/c1-11-14(12-3-5-13(26-2)6-4-12)9-16(27-11)18(24)21-7-8-22-15(10-21)17(23)20-19(22)25/h3-6,9,15H,7-8,10H2,1-2H3,(H,20,23,25). The van der Waals surface area contributed by atoms with Gasteiger partial charge in [0.1, 0.15) is 11.8 Å². The summed E-state index contributed by atoms with van der Waals surface area (Å²) in [7, 11) is 1.62. The number of aryl methyl sites for hydroxylation is 1. The van der Waals surface area contributed by atoms with Crippen molar-refractivity contribution < 1.29 is 19.1 Å². The number of hydrogen-bond acceptors (Lipinski definition) is 5. The number of nitrogens with zero attached hydrogens (tertiary/aromatic N) is 2. The molecule has 1 unspecified atom stereocenters. The summed E-state index contributed by atoms with van der Waals surface area (Å²) in [5, 5.41) is 2.30. The van der Waals surface area contributed by atoms with Crippen LogP contribution in [0.1, 0.15) is 14.5 Å². The number of ether oxygens (including phenoxy) is 1. The number of imide groups is 1. The minimum Gasteiger partial charge on any atom is -0.497 e. The van der Waals surface area contributed by atoms with E-state index >= 15 is 0 Å². The number of fused-ring (bicyclic) bond motifs is 1. The van der Waals surface area contributed by atoms with Crippen molar-refractivity contribution in [1.29, 1.82) is 0 Å². The van der Waals surface area contributed by atoms with Crippen molar-refractivity contribution in [3.63, 3.8) is 0 Å². The Labute approximate surface area is 160 Å². The molecule has 140 valence electrons. The Kier molecular flexibility index (Phi) is 4.35. The highest BCUT2D eigenvalue weighted by molar-refractivity contribution is 7.14. The predicted molar refractivity (Wildman–Crippen MR) is 101 cm³/mol. The maximum atomic E-state index is 13.0. The molecule has 4 rings (SSSR count). The molecule has 0 spiro atoms. The van der Waals surface area contributed by atoms with Gasteiger partial charge in [-0.3, -0.25) is 14.9 Å². The third kappa shape index (κ3) is 3.06. The number of methoxy groups -OCH3 is 1. The molecule has 4 amide bonds. The maximum Gasteiger partial charge on any atom is 0.324 e. The van der Waals surface area contributed by atoms with Crippen LogP contribution in [-0.2, 0) is 4.79 Å². The number of urea groups is 1. The van der Waals surface area contributed by atoms with Gasteiger partial charge in [0.2, 0.25) is 0 Å². The first-order chi connectivity index (χ1) is 13.0. The first-order valence-electron chi connectivity index (χ1n) is 8.63. The predicted octanol–water partition coefficient (Wildman–Crippen LogP) is 2.11. The van der Waals surface area contributed by atoms with Gasteiger partial charge in [-0.2, -0.15) is 0 Å². The Hall–Kier alpha value is -2.87. The van der Waals surface area contributed by atoms with Crippen LogP contribution in [0.15, 0.2) is 30.3 Å². The van der Waals surface area contributed by atoms with E-state index in [0.29, 0.717) is 18.0 Å². The number of amides is 4. The minimum atomic E-state index is -0.586. The number of carbonyl (C=O) groups is 3. The van der Waals surface area contributed by atoms with Crippen LogP contribution in [0, 0.1) is 6.92 Å². The molecule has 1 aromatic carbocycles. The molecule has 7 nitrogen and oxygen atoms in total. The normalized spacial score (nSPS) is 19.1. The number of carbonyl (C=O) groups excluding carboxylic acids is 3. The lowest BCUT2D eigenvalue weighted by Crippen LogP contribution is -2.54. The van der Waals surface area contributed by atoms with Crippen molar-refractivity contribution in [2.75, 3.05) is 26.7 Å². The average molecular weight is 385 g/mol. The topological polar surface area (TPSA) is 79.0 Å². The Morgan fingerprint density at radius 1 is 1.22 bits per heavy atom. The van der Waals surface area contributed by atoms with Crippen LogP contribution in [0.25, 0.3) is 11.1 Å². The fraction of sp³-hybridized carbons (Fsp3) is 0.316. The molecule has 27 heavy (non-hydrogen) atoms. The van der Waals surface area contributed by atoms with E-state index in [1.807, 2.05) is 37.3 Å². The average Bonchev–Trinajstić information content (AvgIpc) is 3.21. The fourth-order valence-corrected chi connectivity index (χ4v) is 4.51. The van der Waals surface area contributed by atoms with Crippen molar-refractivity contribution >= 4 is 29.2 Å². The van der Waals surface area contributed by atoms with Gasteiger partial charge < -0.3 is 14.5 Å². The van der Waals surface area contributed by atoms with Gasteiger partial charge in [-0.25, -0.2) is 4.79 Å². The van der Waals surface area contributed by atoms with Gasteiger partial charge in [0.15, 0.2) is 0 Å². The molecule has 2 aliphatic rings. The van der Waals surface area contributed by atoms with Crippen LogP contribution in [-0.4, -0.2) is 60.4 Å². The summed E-state index contributed by atoms with van der Waals surface area (Å²) in [6.45, 7) is 3.00. The molecule has 1 N–H and O–H groups in total. The van der Waals surface area contributed by atoms with Crippen molar-refractivity contribution in [3.05, 3.63) is 40.1 Å². The molecular formula is C19H19N3O4S. The lowest BCUT2D eigenvalue weighted by molar-refractivity contribution is -0.122. The van der Waals surface area contributed by atoms with Crippen LogP contribution < -0.4 is 10.1 Å². The molecule has 2 fully saturated rings. The molecule has 2 aromatic rings. The number of piperazine rings is 1. The van der Waals surface area contributed by atoms with E-state index in [2.05, 4.69) is 5.32 Å². The van der Waals surface area contributed by atoms with Crippen LogP contribution in [0.2, 0.25) is 0 Å². The monoisotopic (exact) mass is 385 g/mol. The summed E-state index contributed by atoms with van der Waals surface area (Å²) in [4.78, 5) is 41.4. The summed E-state index contributed by atoms with van der Waals surface area (Å²) in [5.74, 6) is 0.346. The van der Waals surface area contributed by atoms with Gasteiger partial charge in [0.25, 0.3) is 11.8 Å². The number of rotatable bonds is 3. The van der Waals surface area contributed by atoms with E-state index in [-0.39, 0.29) is 24.4 Å². The van der Waals surface area contributed by atoms with E-state index < -0.39 is 6.04 Å². The largest absolute Gasteiger partial charge is 0.497 e. The van der Waals surface area contributed by atoms with Gasteiger partial charge in [0, 0.05) is 18.0 Å². The Morgan fingerprint density at radius 2 is 1.96 bits per heavy atom. The molecule has 1 atom stereocenters. The lowest BCUT2D eigenvalue weighted by atomic mass is 10.1. The van der Waals surface area contributed by atoms with Gasteiger partial charge in [-0.15, -0.1) is 11.3 Å². The summed E-state index contributed by atoms with van der Waals surface area (Å²) in [6.07, 6.45) is 0. The Balaban J connectivity index is 1.54. The van der Waals surface area contributed by atoms with Crippen molar-refractivity contribution in [1.82, 2.24) is 15.1 Å². The third-order valence-corrected chi connectivity index (χ3v) is 6.03. The van der Waals surface area contributed by atoms with Crippen LogP contribution in [0.4, 0.5) is 4.79 Å². The number of hydrogen-bond donors (Lipinski definition) is 1. The molecule has 1 aromatic heterocycles. The molecule has 0 saturated carbocycles. The van der Waals surface area contributed by atoms with E-state index in [1.54, 1.807) is 12.0 Å². The number of nitrogens with one attached hydrogen (secondary N) is 1. The van der Waals surface area contributed by atoms with Gasteiger partial charge in [-0.1, -0.05) is 12.1 Å². The maximum absolute atomic E-state index is 13.0. The summed E-state index contributed by atoms with van der Waals surface area (Å²) < 4.78 is 5.19. The van der Waals surface area contributed by atoms with Crippen LogP contribution >= 0.6 is 11.3 Å². The van der Waals surface area contributed by atoms with Gasteiger partial charge in [0.05, 0.1) is 18.5 Å². The lowest BCUT2D eigenvalue weighted by Gasteiger charge is -2.35. The molecule has 3 heterocycles. The zero-order valence-corrected chi connectivity index (χ0v) is 15.8. The molecule has 0 bridgehead atoms.